The van der Waals surface area contributed by atoms with Crippen LogP contribution < -0.4 is 0 Å². The molecule has 0 bridgehead atoms. The van der Waals surface area contributed by atoms with Gasteiger partial charge in [0.25, 0.3) is 0 Å². The zero-order valence-electron chi connectivity index (χ0n) is 19.3. The Kier molecular flexibility index (Phi) is 16.6. The fourth-order valence-corrected chi connectivity index (χ4v) is 3.07. The van der Waals surface area contributed by atoms with Crippen LogP contribution >= 0.6 is 0 Å². The summed E-state index contributed by atoms with van der Waals surface area (Å²) in [6.07, 6.45) is 7.67. The van der Waals surface area contributed by atoms with E-state index in [4.69, 9.17) is 4.74 Å². The van der Waals surface area contributed by atoms with Gasteiger partial charge in [-0.25, -0.2) is 4.39 Å². The van der Waals surface area contributed by atoms with Crippen molar-refractivity contribution in [3.63, 3.8) is 0 Å². The summed E-state index contributed by atoms with van der Waals surface area (Å²) in [5.74, 6) is 0.378. The molecule has 0 amide bonds. The summed E-state index contributed by atoms with van der Waals surface area (Å²) in [5.41, 5.74) is 2.53. The van der Waals surface area contributed by atoms with Gasteiger partial charge in [-0.1, -0.05) is 57.4 Å². The monoisotopic (exact) mass is 417 g/mol. The molecule has 30 heavy (non-hydrogen) atoms. The number of hydrogen-bond donors (Lipinski definition) is 0. The molecule has 2 aliphatic rings. The number of morpholine rings is 1. The lowest BCUT2D eigenvalue weighted by atomic mass is 9.95. The Morgan fingerprint density at radius 2 is 1.50 bits per heavy atom. The first kappa shape index (κ1) is 28.0. The van der Waals surface area contributed by atoms with Crippen molar-refractivity contribution in [2.75, 3.05) is 33.4 Å². The van der Waals surface area contributed by atoms with Gasteiger partial charge < -0.3 is 9.64 Å². The molecule has 1 aliphatic carbocycles. The van der Waals surface area contributed by atoms with Crippen molar-refractivity contribution in [2.45, 2.75) is 46.5 Å². The summed E-state index contributed by atoms with van der Waals surface area (Å²) in [6, 6.07) is 7.94. The van der Waals surface area contributed by atoms with Crippen LogP contribution in [0, 0.1) is 11.7 Å². The molecular weight excluding hydrogens is 377 g/mol. The van der Waals surface area contributed by atoms with Crippen LogP contribution in [0.5, 0.6) is 0 Å². The van der Waals surface area contributed by atoms with Gasteiger partial charge >= 0.3 is 0 Å². The Morgan fingerprint density at radius 3 is 1.77 bits per heavy atom. The van der Waals surface area contributed by atoms with Crippen LogP contribution in [0.1, 0.15) is 46.5 Å². The van der Waals surface area contributed by atoms with E-state index in [1.807, 2.05) is 26.0 Å². The number of ether oxygens (including phenoxy) is 1. The van der Waals surface area contributed by atoms with E-state index in [0.29, 0.717) is 5.78 Å². The van der Waals surface area contributed by atoms with Gasteiger partial charge in [0, 0.05) is 19.0 Å². The second-order valence-electron chi connectivity index (χ2n) is 7.05. The summed E-state index contributed by atoms with van der Waals surface area (Å²) < 4.78 is 17.0. The van der Waals surface area contributed by atoms with E-state index >= 15 is 0 Å². The molecule has 168 valence electrons. The SMILES string of the molecule is C=CC1=C(C=C)CCC(C(C)=O)CC1.CC.CN1CCOCC1.Fc1ccccc1. The Balaban J connectivity index is 0.000000441. The van der Waals surface area contributed by atoms with Crippen molar-refractivity contribution < 1.29 is 13.9 Å². The largest absolute Gasteiger partial charge is 0.379 e. The maximum atomic E-state index is 11.9. The number of rotatable bonds is 3. The van der Waals surface area contributed by atoms with Gasteiger partial charge in [-0.15, -0.1) is 0 Å². The minimum Gasteiger partial charge on any atom is -0.379 e. The summed E-state index contributed by atoms with van der Waals surface area (Å²) in [5, 5.41) is 0. The van der Waals surface area contributed by atoms with E-state index in [9.17, 15) is 9.18 Å². The number of halogens is 1. The van der Waals surface area contributed by atoms with Gasteiger partial charge in [0.05, 0.1) is 13.2 Å². The second-order valence-corrected chi connectivity index (χ2v) is 7.05. The van der Waals surface area contributed by atoms with Crippen molar-refractivity contribution in [3.8, 4) is 0 Å². The van der Waals surface area contributed by atoms with E-state index in [0.717, 1.165) is 52.0 Å². The third-order valence-corrected chi connectivity index (χ3v) is 4.97. The molecule has 1 aliphatic heterocycles. The summed E-state index contributed by atoms with van der Waals surface area (Å²) >= 11 is 0. The smallest absolute Gasteiger partial charge is 0.132 e. The Hall–Kier alpha value is -2.04. The second kappa shape index (κ2) is 17.8. The van der Waals surface area contributed by atoms with Crippen LogP contribution in [0.2, 0.25) is 0 Å². The molecule has 0 N–H and O–H groups in total. The lowest BCUT2D eigenvalue weighted by molar-refractivity contribution is -0.121. The molecule has 1 heterocycles. The van der Waals surface area contributed by atoms with Crippen molar-refractivity contribution in [2.24, 2.45) is 5.92 Å². The third-order valence-electron chi connectivity index (χ3n) is 4.97. The molecule has 0 atom stereocenters. The highest BCUT2D eigenvalue weighted by molar-refractivity contribution is 5.78. The first-order valence-corrected chi connectivity index (χ1v) is 10.9. The highest BCUT2D eigenvalue weighted by Gasteiger charge is 2.18. The van der Waals surface area contributed by atoms with Crippen molar-refractivity contribution in [3.05, 3.63) is 72.6 Å². The van der Waals surface area contributed by atoms with Crippen LogP contribution in [0.4, 0.5) is 4.39 Å². The van der Waals surface area contributed by atoms with Gasteiger partial charge in [0.2, 0.25) is 0 Å². The predicted molar refractivity (Wildman–Crippen MR) is 126 cm³/mol. The standard InChI is InChI=1S/C13H18O.C6H5F.C5H11NO.C2H6/c1-4-11-6-8-13(10(3)14)9-7-12(11)5-2;7-6-4-2-1-3-5-6;1-6-2-4-7-5-3-6;1-2/h4-5,13H,1-2,6-9H2,3H3;1-5H;2-5H2,1H3;1-2H3. The van der Waals surface area contributed by atoms with E-state index in [2.05, 4.69) is 25.1 Å². The quantitative estimate of drug-likeness (QED) is 0.583. The Morgan fingerprint density at radius 1 is 1.03 bits per heavy atom. The van der Waals surface area contributed by atoms with Crippen LogP contribution in [0.25, 0.3) is 0 Å². The number of nitrogens with zero attached hydrogens (tertiary/aromatic N) is 1. The molecule has 3 rings (SSSR count). The van der Waals surface area contributed by atoms with Gasteiger partial charge in [-0.3, -0.25) is 4.79 Å². The number of hydrogen-bond acceptors (Lipinski definition) is 3. The van der Waals surface area contributed by atoms with Gasteiger partial charge in [0.15, 0.2) is 0 Å². The molecule has 3 nitrogen and oxygen atoms in total. The number of Topliss-reactive ketones (excluding diaryl/α,β-unsaturated/α-hetero) is 1. The molecule has 0 aromatic heterocycles. The number of likely N-dealkylation sites (N-methyl/N-ethyl adjacent to an activating group) is 1. The molecule has 1 saturated heterocycles. The van der Waals surface area contributed by atoms with E-state index in [-0.39, 0.29) is 11.7 Å². The van der Waals surface area contributed by atoms with Gasteiger partial charge in [-0.05, 0) is 62.9 Å². The lowest BCUT2D eigenvalue weighted by Gasteiger charge is -2.21. The third kappa shape index (κ3) is 12.5. The van der Waals surface area contributed by atoms with Gasteiger partial charge in [-0.2, -0.15) is 0 Å². The Bertz CT molecular complexity index is 612. The van der Waals surface area contributed by atoms with Crippen molar-refractivity contribution >= 4 is 5.78 Å². The molecule has 0 saturated carbocycles. The van der Waals surface area contributed by atoms with E-state index < -0.39 is 0 Å². The molecule has 0 radical (unpaired) electrons. The normalized spacial score (nSPS) is 17.0. The van der Waals surface area contributed by atoms with Crippen LogP contribution in [-0.2, 0) is 9.53 Å². The van der Waals surface area contributed by atoms with E-state index in [1.54, 1.807) is 25.1 Å². The maximum Gasteiger partial charge on any atom is 0.132 e. The number of benzene rings is 1. The minimum atomic E-state index is -0.178. The molecule has 0 unspecified atom stereocenters. The summed E-state index contributed by atoms with van der Waals surface area (Å²) in [6.45, 7) is 17.3. The molecule has 1 aromatic carbocycles. The highest BCUT2D eigenvalue weighted by atomic mass is 19.1. The highest BCUT2D eigenvalue weighted by Crippen LogP contribution is 2.29. The van der Waals surface area contributed by atoms with Crippen LogP contribution in [0.3, 0.4) is 0 Å². The average molecular weight is 418 g/mol. The first-order valence-electron chi connectivity index (χ1n) is 10.9. The maximum absolute atomic E-state index is 11.9. The summed E-state index contributed by atoms with van der Waals surface area (Å²) in [7, 11) is 2.11. The van der Waals surface area contributed by atoms with Crippen LogP contribution in [-0.4, -0.2) is 44.0 Å². The lowest BCUT2D eigenvalue weighted by Crippen LogP contribution is -2.32. The number of carbonyl (C=O) groups is 1. The van der Waals surface area contributed by atoms with Crippen molar-refractivity contribution in [1.82, 2.24) is 4.90 Å². The molecule has 4 heteroatoms. The zero-order chi connectivity index (χ0) is 22.8. The number of carbonyl (C=O) groups excluding carboxylic acids is 1. The van der Waals surface area contributed by atoms with Crippen molar-refractivity contribution in [1.29, 1.82) is 0 Å². The van der Waals surface area contributed by atoms with Gasteiger partial charge in [0.1, 0.15) is 11.6 Å². The zero-order valence-corrected chi connectivity index (χ0v) is 19.3. The fourth-order valence-electron chi connectivity index (χ4n) is 3.07. The first-order chi connectivity index (χ1) is 14.5. The average Bonchev–Trinajstić information content (AvgIpc) is 2.99. The number of ketones is 1. The molecule has 0 spiro atoms. The molecular formula is C26H40FNO2. The number of allylic oxidation sites excluding steroid dienone is 4. The van der Waals surface area contributed by atoms with Crippen LogP contribution in [0.15, 0.2) is 66.8 Å². The predicted octanol–water partition coefficient (Wildman–Crippen LogP) is 6.23. The molecule has 1 aromatic rings. The Labute approximate surface area is 183 Å². The van der Waals surface area contributed by atoms with E-state index in [1.165, 1.54) is 23.3 Å². The minimum absolute atomic E-state index is 0.178. The summed E-state index contributed by atoms with van der Waals surface area (Å²) in [4.78, 5) is 13.5. The molecule has 1 fully saturated rings. The topological polar surface area (TPSA) is 29.5 Å². The fraction of sp³-hybridized carbons (Fsp3) is 0.500.